The fourth-order valence-corrected chi connectivity index (χ4v) is 2.09. The van der Waals surface area contributed by atoms with Crippen molar-refractivity contribution in [3.05, 3.63) is 35.9 Å². The number of hydrogen-bond acceptors (Lipinski definition) is 4. The highest BCUT2D eigenvalue weighted by Crippen LogP contribution is 2.19. The van der Waals surface area contributed by atoms with E-state index in [1.165, 1.54) is 0 Å². The number of benzene rings is 1. The molecule has 1 aromatic rings. The van der Waals surface area contributed by atoms with Gasteiger partial charge in [-0.1, -0.05) is 30.3 Å². The third-order valence-electron chi connectivity index (χ3n) is 3.09. The summed E-state index contributed by atoms with van der Waals surface area (Å²) in [4.78, 5) is 0. The number of nitrogens with one attached hydrogen (secondary N) is 1. The molecule has 0 spiro atoms. The minimum Gasteiger partial charge on any atom is -0.390 e. The summed E-state index contributed by atoms with van der Waals surface area (Å²) in [6, 6.07) is 9.82. The second kappa shape index (κ2) is 4.93. The van der Waals surface area contributed by atoms with Gasteiger partial charge in [0.05, 0.1) is 6.10 Å². The van der Waals surface area contributed by atoms with Crippen LogP contribution in [0.1, 0.15) is 5.56 Å². The lowest BCUT2D eigenvalue weighted by Gasteiger charge is -2.36. The Bertz CT molecular complexity index is 330. The molecule has 2 rings (SSSR count). The van der Waals surface area contributed by atoms with Crippen molar-refractivity contribution in [1.82, 2.24) is 5.32 Å². The Balaban J connectivity index is 2.00. The van der Waals surface area contributed by atoms with E-state index in [0.29, 0.717) is 13.0 Å². The van der Waals surface area contributed by atoms with Crippen LogP contribution in [-0.2, 0) is 6.42 Å². The standard InChI is InChI=1S/C12H17NO3/c14-10-9(7-13-12(16)11(10)15)6-8-4-2-1-3-5-8/h1-5,9-16H,6-7H2/t9-,10+,11-,12?/m0/s1. The Morgan fingerprint density at radius 3 is 2.44 bits per heavy atom. The predicted molar refractivity (Wildman–Crippen MR) is 59.7 cm³/mol. The van der Waals surface area contributed by atoms with Gasteiger partial charge < -0.3 is 15.3 Å². The van der Waals surface area contributed by atoms with Crippen molar-refractivity contribution < 1.29 is 15.3 Å². The van der Waals surface area contributed by atoms with E-state index in [0.717, 1.165) is 5.56 Å². The first-order chi connectivity index (χ1) is 7.68. The summed E-state index contributed by atoms with van der Waals surface area (Å²) in [5.41, 5.74) is 1.12. The summed E-state index contributed by atoms with van der Waals surface area (Å²) in [6.45, 7) is 0.508. The molecule has 1 fully saturated rings. The molecule has 0 saturated carbocycles. The van der Waals surface area contributed by atoms with Gasteiger partial charge in [0.15, 0.2) is 0 Å². The molecular weight excluding hydrogens is 206 g/mol. The number of aliphatic hydroxyl groups is 3. The molecule has 0 radical (unpaired) electrons. The molecule has 1 aliphatic rings. The van der Waals surface area contributed by atoms with Gasteiger partial charge >= 0.3 is 0 Å². The van der Waals surface area contributed by atoms with Gasteiger partial charge in [0.25, 0.3) is 0 Å². The van der Waals surface area contributed by atoms with Crippen LogP contribution in [0.3, 0.4) is 0 Å². The fourth-order valence-electron chi connectivity index (χ4n) is 2.09. The molecule has 0 aliphatic carbocycles. The van der Waals surface area contributed by atoms with E-state index >= 15 is 0 Å². The largest absolute Gasteiger partial charge is 0.390 e. The van der Waals surface area contributed by atoms with E-state index in [9.17, 15) is 15.3 Å². The second-order valence-corrected chi connectivity index (χ2v) is 4.28. The molecule has 0 bridgehead atoms. The normalized spacial score (nSPS) is 34.9. The maximum atomic E-state index is 9.82. The number of hydrogen-bond donors (Lipinski definition) is 4. The maximum Gasteiger partial charge on any atom is 0.133 e. The van der Waals surface area contributed by atoms with Crippen LogP contribution in [-0.4, -0.2) is 40.3 Å². The minimum absolute atomic E-state index is 0.0687. The highest BCUT2D eigenvalue weighted by Gasteiger charge is 2.35. The van der Waals surface area contributed by atoms with Crippen LogP contribution in [0.25, 0.3) is 0 Å². The molecule has 1 saturated heterocycles. The molecule has 0 aromatic heterocycles. The Labute approximate surface area is 94.5 Å². The lowest BCUT2D eigenvalue weighted by atomic mass is 9.87. The lowest BCUT2D eigenvalue weighted by Crippen LogP contribution is -2.57. The summed E-state index contributed by atoms with van der Waals surface area (Å²) >= 11 is 0. The van der Waals surface area contributed by atoms with E-state index in [4.69, 9.17) is 0 Å². The Hall–Kier alpha value is -0.940. The first kappa shape index (κ1) is 11.5. The van der Waals surface area contributed by atoms with Crippen LogP contribution < -0.4 is 5.32 Å². The zero-order valence-electron chi connectivity index (χ0n) is 8.95. The van der Waals surface area contributed by atoms with Gasteiger partial charge in [-0.3, -0.25) is 5.32 Å². The molecule has 0 amide bonds. The molecule has 1 aromatic carbocycles. The number of aliphatic hydroxyl groups excluding tert-OH is 3. The van der Waals surface area contributed by atoms with Gasteiger partial charge in [-0.05, 0) is 12.0 Å². The Kier molecular flexibility index (Phi) is 3.56. The van der Waals surface area contributed by atoms with Crippen molar-refractivity contribution in [1.29, 1.82) is 0 Å². The van der Waals surface area contributed by atoms with Gasteiger partial charge in [0, 0.05) is 12.5 Å². The second-order valence-electron chi connectivity index (χ2n) is 4.28. The van der Waals surface area contributed by atoms with Crippen LogP contribution in [0.15, 0.2) is 30.3 Å². The molecule has 4 atom stereocenters. The average Bonchev–Trinajstić information content (AvgIpc) is 2.31. The molecular formula is C12H17NO3. The minimum atomic E-state index is -1.11. The average molecular weight is 223 g/mol. The van der Waals surface area contributed by atoms with E-state index < -0.39 is 18.4 Å². The molecule has 88 valence electrons. The van der Waals surface area contributed by atoms with Gasteiger partial charge in [0.2, 0.25) is 0 Å². The maximum absolute atomic E-state index is 9.82. The van der Waals surface area contributed by atoms with Crippen molar-refractivity contribution in [2.75, 3.05) is 6.54 Å². The molecule has 1 unspecified atom stereocenters. The van der Waals surface area contributed by atoms with Crippen LogP contribution in [0, 0.1) is 5.92 Å². The third kappa shape index (κ3) is 2.41. The summed E-state index contributed by atoms with van der Waals surface area (Å²) < 4.78 is 0. The molecule has 4 N–H and O–H groups in total. The summed E-state index contributed by atoms with van der Waals surface area (Å²) in [5.74, 6) is -0.0687. The van der Waals surface area contributed by atoms with E-state index in [-0.39, 0.29) is 5.92 Å². The smallest absolute Gasteiger partial charge is 0.133 e. The van der Waals surface area contributed by atoms with Gasteiger partial charge in [0.1, 0.15) is 12.3 Å². The van der Waals surface area contributed by atoms with Gasteiger partial charge in [-0.15, -0.1) is 0 Å². The van der Waals surface area contributed by atoms with E-state index in [1.54, 1.807) is 0 Å². The van der Waals surface area contributed by atoms with E-state index in [1.807, 2.05) is 30.3 Å². The van der Waals surface area contributed by atoms with Crippen molar-refractivity contribution >= 4 is 0 Å². The van der Waals surface area contributed by atoms with Crippen LogP contribution >= 0.6 is 0 Å². The lowest BCUT2D eigenvalue weighted by molar-refractivity contribution is -0.116. The van der Waals surface area contributed by atoms with Crippen LogP contribution in [0.4, 0.5) is 0 Å². The Morgan fingerprint density at radius 2 is 1.75 bits per heavy atom. The van der Waals surface area contributed by atoms with E-state index in [2.05, 4.69) is 5.32 Å². The van der Waals surface area contributed by atoms with Crippen molar-refractivity contribution in [3.8, 4) is 0 Å². The first-order valence-corrected chi connectivity index (χ1v) is 5.50. The highest BCUT2D eigenvalue weighted by molar-refractivity contribution is 5.16. The summed E-state index contributed by atoms with van der Waals surface area (Å²) in [6.07, 6.45) is -2.32. The van der Waals surface area contributed by atoms with Crippen molar-refractivity contribution in [2.45, 2.75) is 24.9 Å². The highest BCUT2D eigenvalue weighted by atomic mass is 16.4. The van der Waals surface area contributed by atoms with Crippen molar-refractivity contribution in [3.63, 3.8) is 0 Å². The van der Waals surface area contributed by atoms with Crippen molar-refractivity contribution in [2.24, 2.45) is 5.92 Å². The zero-order chi connectivity index (χ0) is 11.5. The SMILES string of the molecule is OC1NC[C@H](Cc2ccccc2)[C@@H](O)[C@@H]1O. The van der Waals surface area contributed by atoms with Crippen LogP contribution in [0.2, 0.25) is 0 Å². The summed E-state index contributed by atoms with van der Waals surface area (Å²) in [5, 5.41) is 31.4. The first-order valence-electron chi connectivity index (χ1n) is 5.50. The molecule has 16 heavy (non-hydrogen) atoms. The summed E-state index contributed by atoms with van der Waals surface area (Å²) in [7, 11) is 0. The molecule has 1 aliphatic heterocycles. The predicted octanol–water partition coefficient (Wildman–Crippen LogP) is -0.511. The van der Waals surface area contributed by atoms with Gasteiger partial charge in [-0.2, -0.15) is 0 Å². The number of piperidine rings is 1. The topological polar surface area (TPSA) is 72.7 Å². The zero-order valence-corrected chi connectivity index (χ0v) is 8.95. The third-order valence-corrected chi connectivity index (χ3v) is 3.09. The fraction of sp³-hybridized carbons (Fsp3) is 0.500. The quantitative estimate of drug-likeness (QED) is 0.545. The van der Waals surface area contributed by atoms with Gasteiger partial charge in [-0.25, -0.2) is 0 Å². The van der Waals surface area contributed by atoms with Crippen LogP contribution in [0.5, 0.6) is 0 Å². The molecule has 4 nitrogen and oxygen atoms in total. The molecule has 1 heterocycles. The molecule has 4 heteroatoms. The number of rotatable bonds is 2. The Morgan fingerprint density at radius 1 is 1.06 bits per heavy atom. The monoisotopic (exact) mass is 223 g/mol.